The Balaban J connectivity index is 1.76. The van der Waals surface area contributed by atoms with Gasteiger partial charge in [0.05, 0.1) is 12.6 Å². The van der Waals surface area contributed by atoms with E-state index < -0.39 is 0 Å². The van der Waals surface area contributed by atoms with Crippen molar-refractivity contribution in [1.82, 2.24) is 14.9 Å². The van der Waals surface area contributed by atoms with Crippen LogP contribution in [-0.2, 0) is 0 Å². The van der Waals surface area contributed by atoms with Crippen molar-refractivity contribution >= 4 is 0 Å². The van der Waals surface area contributed by atoms with Crippen molar-refractivity contribution in [2.24, 2.45) is 0 Å². The topological polar surface area (TPSA) is 30.0 Å². The predicted molar refractivity (Wildman–Crippen MR) is 93.6 cm³/mol. The SMILES string of the molecule is CC1=CC=CN(N2CC[C@H](N(C)CCO)C2)C1c1ccccc1. The number of hydrogen-bond acceptors (Lipinski definition) is 4. The minimum atomic E-state index is 0.227. The third-order valence-corrected chi connectivity index (χ3v) is 4.95. The average molecular weight is 313 g/mol. The van der Waals surface area contributed by atoms with E-state index in [1.165, 1.54) is 11.1 Å². The van der Waals surface area contributed by atoms with Gasteiger partial charge in [0.1, 0.15) is 0 Å². The first kappa shape index (κ1) is 16.2. The second-order valence-corrected chi connectivity index (χ2v) is 6.50. The third-order valence-electron chi connectivity index (χ3n) is 4.95. The molecule has 0 amide bonds. The lowest BCUT2D eigenvalue weighted by Crippen LogP contribution is -2.43. The molecule has 3 rings (SSSR count). The Morgan fingerprint density at radius 1 is 1.26 bits per heavy atom. The molecule has 0 spiro atoms. The molecule has 0 aliphatic carbocycles. The Morgan fingerprint density at radius 2 is 2.04 bits per heavy atom. The molecule has 4 heteroatoms. The summed E-state index contributed by atoms with van der Waals surface area (Å²) < 4.78 is 0. The molecular formula is C19H27N3O. The third kappa shape index (κ3) is 3.50. The van der Waals surface area contributed by atoms with E-state index in [0.29, 0.717) is 6.04 Å². The van der Waals surface area contributed by atoms with Gasteiger partial charge in [-0.3, -0.25) is 4.90 Å². The molecule has 0 aromatic heterocycles. The number of hydrazine groups is 1. The lowest BCUT2D eigenvalue weighted by molar-refractivity contribution is 0.00963. The average Bonchev–Trinajstić information content (AvgIpc) is 3.05. The molecule has 0 radical (unpaired) electrons. The van der Waals surface area contributed by atoms with Crippen LogP contribution in [0.15, 0.2) is 54.3 Å². The molecule has 2 heterocycles. The molecule has 2 aliphatic heterocycles. The van der Waals surface area contributed by atoms with Crippen LogP contribution in [0.2, 0.25) is 0 Å². The van der Waals surface area contributed by atoms with Crippen LogP contribution in [0.1, 0.15) is 24.9 Å². The summed E-state index contributed by atoms with van der Waals surface area (Å²) in [5.74, 6) is 0. The Kier molecular flexibility index (Phi) is 5.16. The Labute approximate surface area is 139 Å². The number of allylic oxidation sites excluding steroid dienone is 2. The van der Waals surface area contributed by atoms with Crippen molar-refractivity contribution in [3.05, 3.63) is 59.8 Å². The van der Waals surface area contributed by atoms with Crippen LogP contribution in [0.3, 0.4) is 0 Å². The summed E-state index contributed by atoms with van der Waals surface area (Å²) >= 11 is 0. The van der Waals surface area contributed by atoms with Crippen LogP contribution in [0.5, 0.6) is 0 Å². The fourth-order valence-corrected chi connectivity index (χ4v) is 3.61. The van der Waals surface area contributed by atoms with Gasteiger partial charge in [-0.15, -0.1) is 0 Å². The number of likely N-dealkylation sites (N-methyl/N-ethyl adjacent to an activating group) is 1. The summed E-state index contributed by atoms with van der Waals surface area (Å²) in [6, 6.07) is 11.5. The number of benzene rings is 1. The lowest BCUT2D eigenvalue weighted by atomic mass is 9.97. The number of aliphatic hydroxyl groups excluding tert-OH is 1. The fraction of sp³-hybridized carbons (Fsp3) is 0.474. The molecule has 23 heavy (non-hydrogen) atoms. The van der Waals surface area contributed by atoms with E-state index in [0.717, 1.165) is 26.1 Å². The first-order chi connectivity index (χ1) is 11.2. The highest BCUT2D eigenvalue weighted by Crippen LogP contribution is 2.34. The predicted octanol–water partition coefficient (Wildman–Crippen LogP) is 2.42. The molecule has 2 atom stereocenters. The molecule has 2 aliphatic rings. The van der Waals surface area contributed by atoms with Gasteiger partial charge in [-0.2, -0.15) is 0 Å². The van der Waals surface area contributed by atoms with Crippen molar-refractivity contribution in [3.8, 4) is 0 Å². The second-order valence-electron chi connectivity index (χ2n) is 6.50. The first-order valence-corrected chi connectivity index (χ1v) is 8.45. The monoisotopic (exact) mass is 313 g/mol. The van der Waals surface area contributed by atoms with Gasteiger partial charge >= 0.3 is 0 Å². The maximum atomic E-state index is 9.15. The van der Waals surface area contributed by atoms with E-state index in [1.54, 1.807) is 0 Å². The van der Waals surface area contributed by atoms with Crippen molar-refractivity contribution in [1.29, 1.82) is 0 Å². The molecule has 1 aromatic carbocycles. The van der Waals surface area contributed by atoms with Crippen molar-refractivity contribution in [3.63, 3.8) is 0 Å². The summed E-state index contributed by atoms with van der Waals surface area (Å²) in [7, 11) is 2.11. The van der Waals surface area contributed by atoms with Gasteiger partial charge in [-0.1, -0.05) is 36.4 Å². The van der Waals surface area contributed by atoms with E-state index in [9.17, 15) is 0 Å². The molecule has 1 fully saturated rings. The number of aliphatic hydroxyl groups is 1. The smallest absolute Gasteiger partial charge is 0.0910 e. The minimum Gasteiger partial charge on any atom is -0.395 e. The van der Waals surface area contributed by atoms with Crippen LogP contribution in [0, 0.1) is 0 Å². The van der Waals surface area contributed by atoms with E-state index in [2.05, 4.69) is 77.6 Å². The van der Waals surface area contributed by atoms with Crippen LogP contribution < -0.4 is 0 Å². The first-order valence-electron chi connectivity index (χ1n) is 8.45. The molecule has 0 saturated carbocycles. The standard InChI is InChI=1S/C19H27N3O/c1-16-7-6-11-22(19(16)17-8-4-3-5-9-17)21-12-10-18(15-21)20(2)13-14-23/h3-9,11,18-19,23H,10,12-15H2,1-2H3/t18-,19?/m0/s1. The number of nitrogens with zero attached hydrogens (tertiary/aromatic N) is 3. The van der Waals surface area contributed by atoms with Gasteiger partial charge in [-0.05, 0) is 37.6 Å². The van der Waals surface area contributed by atoms with E-state index in [1.807, 2.05) is 0 Å². The maximum Gasteiger partial charge on any atom is 0.0910 e. The van der Waals surface area contributed by atoms with Gasteiger partial charge in [0.15, 0.2) is 0 Å². The summed E-state index contributed by atoms with van der Waals surface area (Å²) in [5.41, 5.74) is 2.70. The van der Waals surface area contributed by atoms with Crippen molar-refractivity contribution in [2.75, 3.05) is 33.3 Å². The van der Waals surface area contributed by atoms with Crippen LogP contribution in [0.25, 0.3) is 0 Å². The van der Waals surface area contributed by atoms with Gasteiger partial charge in [-0.25, -0.2) is 5.01 Å². The zero-order valence-corrected chi connectivity index (χ0v) is 14.1. The molecule has 0 bridgehead atoms. The van der Waals surface area contributed by atoms with Crippen LogP contribution >= 0.6 is 0 Å². The Hall–Kier alpha value is -1.62. The van der Waals surface area contributed by atoms with E-state index >= 15 is 0 Å². The molecule has 4 nitrogen and oxygen atoms in total. The van der Waals surface area contributed by atoms with Gasteiger partial charge in [0.2, 0.25) is 0 Å². The second kappa shape index (κ2) is 7.30. The van der Waals surface area contributed by atoms with E-state index in [4.69, 9.17) is 5.11 Å². The zero-order valence-electron chi connectivity index (χ0n) is 14.1. The largest absolute Gasteiger partial charge is 0.395 e. The van der Waals surface area contributed by atoms with Gasteiger partial charge in [0, 0.05) is 31.9 Å². The van der Waals surface area contributed by atoms with Crippen molar-refractivity contribution in [2.45, 2.75) is 25.4 Å². The summed E-state index contributed by atoms with van der Waals surface area (Å²) in [6.45, 7) is 5.25. The highest BCUT2D eigenvalue weighted by Gasteiger charge is 2.33. The maximum absolute atomic E-state index is 9.15. The minimum absolute atomic E-state index is 0.227. The van der Waals surface area contributed by atoms with Crippen LogP contribution in [0.4, 0.5) is 0 Å². The molecule has 1 N–H and O–H groups in total. The number of rotatable bonds is 5. The van der Waals surface area contributed by atoms with Gasteiger partial charge in [0.25, 0.3) is 0 Å². The van der Waals surface area contributed by atoms with Crippen LogP contribution in [-0.4, -0.2) is 59.4 Å². The highest BCUT2D eigenvalue weighted by atomic mass is 16.3. The van der Waals surface area contributed by atoms with E-state index in [-0.39, 0.29) is 12.6 Å². The van der Waals surface area contributed by atoms with Crippen molar-refractivity contribution < 1.29 is 5.11 Å². The Morgan fingerprint density at radius 3 is 2.78 bits per heavy atom. The quantitative estimate of drug-likeness (QED) is 0.904. The number of hydrogen-bond donors (Lipinski definition) is 1. The highest BCUT2D eigenvalue weighted by molar-refractivity contribution is 5.32. The molecule has 1 aromatic rings. The molecule has 1 unspecified atom stereocenters. The summed E-state index contributed by atoms with van der Waals surface area (Å²) in [6.07, 6.45) is 7.68. The molecule has 1 saturated heterocycles. The zero-order chi connectivity index (χ0) is 16.2. The lowest BCUT2D eigenvalue weighted by Gasteiger charge is -2.40. The fourth-order valence-electron chi connectivity index (χ4n) is 3.61. The Bertz CT molecular complexity index is 569. The normalized spacial score (nSPS) is 25.2. The molecular weight excluding hydrogens is 286 g/mol. The van der Waals surface area contributed by atoms with Gasteiger partial charge < -0.3 is 10.1 Å². The summed E-state index contributed by atoms with van der Waals surface area (Å²) in [5, 5.41) is 14.0. The summed E-state index contributed by atoms with van der Waals surface area (Å²) in [4.78, 5) is 2.27. The molecule has 124 valence electrons.